The molecule has 0 bridgehead atoms. The van der Waals surface area contributed by atoms with Gasteiger partial charge in [-0.25, -0.2) is 13.1 Å². The van der Waals surface area contributed by atoms with Crippen molar-refractivity contribution in [3.8, 4) is 0 Å². The third-order valence-corrected chi connectivity index (χ3v) is 7.32. The number of benzene rings is 1. The average molecular weight is 368 g/mol. The van der Waals surface area contributed by atoms with E-state index in [0.717, 1.165) is 18.5 Å². The molecular weight excluding hydrogens is 338 g/mol. The number of rotatable bonds is 7. The van der Waals surface area contributed by atoms with E-state index in [0.29, 0.717) is 0 Å². The Morgan fingerprint density at radius 2 is 1.88 bits per heavy atom. The van der Waals surface area contributed by atoms with Gasteiger partial charge in [0, 0.05) is 17.4 Å². The van der Waals surface area contributed by atoms with Crippen LogP contribution < -0.4 is 4.72 Å². The highest BCUT2D eigenvalue weighted by Gasteiger charge is 2.21. The Morgan fingerprint density at radius 3 is 2.42 bits per heavy atom. The summed E-state index contributed by atoms with van der Waals surface area (Å²) in [5.74, 6) is 0.0185. The van der Waals surface area contributed by atoms with Crippen LogP contribution in [-0.2, 0) is 22.2 Å². The van der Waals surface area contributed by atoms with Gasteiger partial charge < -0.3 is 9.13 Å². The summed E-state index contributed by atoms with van der Waals surface area (Å²) < 4.78 is 28.5. The number of nitrogens with zero attached hydrogens (tertiary/aromatic N) is 2. The van der Waals surface area contributed by atoms with Gasteiger partial charge in [0.05, 0.1) is 5.75 Å². The number of hydrogen-bond donors (Lipinski definition) is 1. The summed E-state index contributed by atoms with van der Waals surface area (Å²) in [7, 11) is 0.811. The van der Waals surface area contributed by atoms with Crippen LogP contribution in [0.5, 0.6) is 0 Å². The summed E-state index contributed by atoms with van der Waals surface area (Å²) in [5, 5.41) is 1.18. The number of sulfonamides is 1. The van der Waals surface area contributed by atoms with Gasteiger partial charge in [0.15, 0.2) is 8.24 Å². The fourth-order valence-electron chi connectivity index (χ4n) is 2.83. The van der Waals surface area contributed by atoms with E-state index in [1.54, 1.807) is 0 Å². The minimum absolute atomic E-state index is 0.0185. The van der Waals surface area contributed by atoms with Crippen LogP contribution in [0.2, 0.25) is 19.6 Å². The molecule has 1 heterocycles. The molecule has 0 fully saturated rings. The first-order chi connectivity index (χ1) is 11.0. The van der Waals surface area contributed by atoms with Crippen LogP contribution in [-0.4, -0.2) is 53.5 Å². The second-order valence-corrected chi connectivity index (χ2v) is 14.3. The Morgan fingerprint density at radius 1 is 1.21 bits per heavy atom. The third kappa shape index (κ3) is 4.47. The van der Waals surface area contributed by atoms with Crippen LogP contribution in [0.3, 0.4) is 0 Å². The van der Waals surface area contributed by atoms with Crippen molar-refractivity contribution in [3.05, 3.63) is 35.5 Å². The Hall–Kier alpha value is -1.15. The van der Waals surface area contributed by atoms with E-state index in [4.69, 9.17) is 0 Å². The molecule has 0 unspecified atom stereocenters. The van der Waals surface area contributed by atoms with Crippen LogP contribution >= 0.6 is 0 Å². The highest BCUT2D eigenvalue weighted by Crippen LogP contribution is 2.27. The Labute approximate surface area is 146 Å². The van der Waals surface area contributed by atoms with Crippen molar-refractivity contribution < 1.29 is 8.42 Å². The van der Waals surface area contributed by atoms with E-state index >= 15 is 0 Å². The van der Waals surface area contributed by atoms with Crippen LogP contribution in [0.1, 0.15) is 11.1 Å². The molecule has 0 aliphatic rings. The molecule has 2 aromatic rings. The van der Waals surface area contributed by atoms with Crippen LogP contribution in [0.4, 0.5) is 0 Å². The highest BCUT2D eigenvalue weighted by molar-refractivity contribution is 7.88. The third-order valence-electron chi connectivity index (χ3n) is 4.17. The standard InChI is InChI=1S/C17H29N3O2SSi/c1-18-23(21,22)13-14-7-8-17-16(11-14)15(9-10-19(2)3)12-20(17)24(4,5)6/h7-8,11-12,18H,9-10,13H2,1-6H3. The van der Waals surface area contributed by atoms with Crippen molar-refractivity contribution in [1.82, 2.24) is 13.9 Å². The van der Waals surface area contributed by atoms with Crippen molar-refractivity contribution in [3.63, 3.8) is 0 Å². The molecule has 0 radical (unpaired) electrons. The molecule has 0 aliphatic heterocycles. The number of likely N-dealkylation sites (N-methyl/N-ethyl adjacent to an activating group) is 1. The monoisotopic (exact) mass is 367 g/mol. The maximum absolute atomic E-state index is 11.9. The zero-order chi connectivity index (χ0) is 18.1. The van der Waals surface area contributed by atoms with Crippen LogP contribution in [0.15, 0.2) is 24.4 Å². The normalized spacial score (nSPS) is 13.1. The minimum Gasteiger partial charge on any atom is -0.375 e. The van der Waals surface area contributed by atoms with Crippen LogP contribution in [0, 0.1) is 0 Å². The molecule has 0 amide bonds. The average Bonchev–Trinajstić information content (AvgIpc) is 2.83. The predicted molar refractivity (Wildman–Crippen MR) is 105 cm³/mol. The molecule has 1 aromatic carbocycles. The first-order valence-corrected chi connectivity index (χ1v) is 13.3. The van der Waals surface area contributed by atoms with Gasteiger partial charge >= 0.3 is 0 Å². The lowest BCUT2D eigenvalue weighted by atomic mass is 10.1. The van der Waals surface area contributed by atoms with E-state index in [1.807, 2.05) is 12.1 Å². The molecule has 0 atom stereocenters. The van der Waals surface area contributed by atoms with Gasteiger partial charge in [-0.15, -0.1) is 0 Å². The SMILES string of the molecule is CNS(=O)(=O)Cc1ccc2c(c1)c(CCN(C)C)cn2[Si](C)(C)C. The first-order valence-electron chi connectivity index (χ1n) is 8.23. The molecule has 0 aliphatic carbocycles. The largest absolute Gasteiger partial charge is 0.375 e. The summed E-state index contributed by atoms with van der Waals surface area (Å²) in [6.45, 7) is 7.94. The second-order valence-electron chi connectivity index (χ2n) is 7.56. The summed E-state index contributed by atoms with van der Waals surface area (Å²) in [6.07, 6.45) is 3.24. The first kappa shape index (κ1) is 19.2. The van der Waals surface area contributed by atoms with Crippen molar-refractivity contribution in [1.29, 1.82) is 0 Å². The zero-order valence-corrected chi connectivity index (χ0v) is 17.4. The van der Waals surface area contributed by atoms with E-state index in [2.05, 4.69) is 59.9 Å². The summed E-state index contributed by atoms with van der Waals surface area (Å²) in [5.41, 5.74) is 3.34. The van der Waals surface area contributed by atoms with Crippen molar-refractivity contribution in [2.24, 2.45) is 0 Å². The van der Waals surface area contributed by atoms with Gasteiger partial charge in [-0.05, 0) is 57.0 Å². The molecule has 5 nitrogen and oxygen atoms in total. The fourth-order valence-corrected chi connectivity index (χ4v) is 5.05. The lowest BCUT2D eigenvalue weighted by Crippen LogP contribution is -2.31. The number of hydrogen-bond acceptors (Lipinski definition) is 3. The smallest absolute Gasteiger partial charge is 0.215 e. The van der Waals surface area contributed by atoms with Gasteiger partial charge in [0.2, 0.25) is 10.0 Å². The maximum atomic E-state index is 11.9. The van der Waals surface area contributed by atoms with E-state index < -0.39 is 18.3 Å². The number of aromatic nitrogens is 1. The van der Waals surface area contributed by atoms with Gasteiger partial charge in [-0.3, -0.25) is 0 Å². The Bertz CT molecular complexity index is 820. The molecule has 134 valence electrons. The molecule has 7 heteroatoms. The molecule has 1 aromatic heterocycles. The van der Waals surface area contributed by atoms with E-state index in [-0.39, 0.29) is 5.75 Å². The van der Waals surface area contributed by atoms with Crippen molar-refractivity contribution in [2.75, 3.05) is 27.7 Å². The molecule has 0 spiro atoms. The summed E-state index contributed by atoms with van der Waals surface area (Å²) >= 11 is 0. The fraction of sp³-hybridized carbons (Fsp3) is 0.529. The number of nitrogens with one attached hydrogen (secondary N) is 1. The quantitative estimate of drug-likeness (QED) is 0.765. The minimum atomic E-state index is -3.26. The zero-order valence-electron chi connectivity index (χ0n) is 15.5. The molecule has 2 rings (SSSR count). The predicted octanol–water partition coefficient (Wildman–Crippen LogP) is 2.48. The second kappa shape index (κ2) is 6.99. The number of fused-ring (bicyclic) bond motifs is 1. The lowest BCUT2D eigenvalue weighted by Gasteiger charge is -2.20. The van der Waals surface area contributed by atoms with E-state index in [1.165, 1.54) is 23.5 Å². The summed E-state index contributed by atoms with van der Waals surface area (Å²) in [4.78, 5) is 2.17. The van der Waals surface area contributed by atoms with Crippen LogP contribution in [0.25, 0.3) is 10.9 Å². The van der Waals surface area contributed by atoms with E-state index in [9.17, 15) is 8.42 Å². The lowest BCUT2D eigenvalue weighted by molar-refractivity contribution is 0.414. The molecule has 24 heavy (non-hydrogen) atoms. The maximum Gasteiger partial charge on any atom is 0.215 e. The topological polar surface area (TPSA) is 54.3 Å². The van der Waals surface area contributed by atoms with Crippen molar-refractivity contribution >= 4 is 29.2 Å². The van der Waals surface area contributed by atoms with Crippen molar-refractivity contribution in [2.45, 2.75) is 31.8 Å². The summed E-state index contributed by atoms with van der Waals surface area (Å²) in [6, 6.07) is 6.06. The molecule has 1 N–H and O–H groups in total. The molecule has 0 saturated carbocycles. The Kier molecular flexibility index (Phi) is 5.59. The van der Waals surface area contributed by atoms with Gasteiger partial charge in [0.25, 0.3) is 0 Å². The van der Waals surface area contributed by atoms with Gasteiger partial charge in [-0.2, -0.15) is 0 Å². The van der Waals surface area contributed by atoms with Gasteiger partial charge in [0.1, 0.15) is 0 Å². The Balaban J connectivity index is 2.53. The molecular formula is C17H29N3O2SSi. The highest BCUT2D eigenvalue weighted by atomic mass is 32.2. The van der Waals surface area contributed by atoms with Gasteiger partial charge in [-0.1, -0.05) is 25.7 Å². The molecule has 0 saturated heterocycles.